The Balaban J connectivity index is 1.52. The molecule has 0 radical (unpaired) electrons. The first-order chi connectivity index (χ1) is 11.2. The molecule has 0 bridgehead atoms. The lowest BCUT2D eigenvalue weighted by molar-refractivity contribution is -0.130. The van der Waals surface area contributed by atoms with Gasteiger partial charge in [-0.15, -0.1) is 0 Å². The van der Waals surface area contributed by atoms with E-state index in [-0.39, 0.29) is 5.91 Å². The maximum atomic E-state index is 12.3. The monoisotopic (exact) mass is 314 g/mol. The van der Waals surface area contributed by atoms with Gasteiger partial charge in [0.2, 0.25) is 11.8 Å². The molecule has 0 aliphatic carbocycles. The summed E-state index contributed by atoms with van der Waals surface area (Å²) in [5, 5.41) is 3.88. The first-order valence-corrected chi connectivity index (χ1v) is 8.04. The normalized spacial score (nSPS) is 16.6. The van der Waals surface area contributed by atoms with Gasteiger partial charge in [0.15, 0.2) is 5.82 Å². The van der Waals surface area contributed by atoms with Gasteiger partial charge in [0.25, 0.3) is 0 Å². The zero-order valence-corrected chi connectivity index (χ0v) is 13.4. The molecule has 2 heterocycles. The molecule has 2 aromatic rings. The number of nitrogens with zero attached hydrogens (tertiary/aromatic N) is 4. The van der Waals surface area contributed by atoms with Crippen LogP contribution in [0.25, 0.3) is 0 Å². The van der Waals surface area contributed by atoms with Crippen molar-refractivity contribution in [3.8, 4) is 0 Å². The second-order valence-electron chi connectivity index (χ2n) is 5.87. The van der Waals surface area contributed by atoms with Crippen LogP contribution in [0.2, 0.25) is 0 Å². The third-order valence-electron chi connectivity index (χ3n) is 4.10. The zero-order chi connectivity index (χ0) is 16.1. The fourth-order valence-corrected chi connectivity index (χ4v) is 2.82. The molecule has 6 nitrogen and oxygen atoms in total. The van der Waals surface area contributed by atoms with Crippen LogP contribution >= 0.6 is 0 Å². The topological polar surface area (TPSA) is 62.5 Å². The Labute approximate surface area is 136 Å². The molecule has 1 aliphatic heterocycles. The predicted octanol–water partition coefficient (Wildman–Crippen LogP) is 1.66. The number of hydrogen-bond acceptors (Lipinski definition) is 5. The number of carbonyl (C=O) groups is 1. The molecule has 1 amide bonds. The molecule has 0 saturated carbocycles. The van der Waals surface area contributed by atoms with Crippen molar-refractivity contribution < 1.29 is 9.32 Å². The van der Waals surface area contributed by atoms with Crippen molar-refractivity contribution in [3.63, 3.8) is 0 Å². The van der Waals surface area contributed by atoms with Crippen molar-refractivity contribution in [3.05, 3.63) is 47.6 Å². The van der Waals surface area contributed by atoms with Crippen LogP contribution in [0.3, 0.4) is 0 Å². The van der Waals surface area contributed by atoms with Gasteiger partial charge in [-0.1, -0.05) is 35.5 Å². The van der Waals surface area contributed by atoms with Gasteiger partial charge in [-0.2, -0.15) is 4.98 Å². The molecule has 0 N–H and O–H groups in total. The van der Waals surface area contributed by atoms with Crippen LogP contribution in [0, 0.1) is 6.92 Å². The van der Waals surface area contributed by atoms with Crippen LogP contribution in [0.15, 0.2) is 34.9 Å². The highest BCUT2D eigenvalue weighted by atomic mass is 16.5. The van der Waals surface area contributed by atoms with E-state index < -0.39 is 0 Å². The summed E-state index contributed by atoms with van der Waals surface area (Å²) in [6.07, 6.45) is 1.21. The highest BCUT2D eigenvalue weighted by Crippen LogP contribution is 2.10. The van der Waals surface area contributed by atoms with E-state index in [2.05, 4.69) is 39.3 Å². The maximum Gasteiger partial charge on any atom is 0.223 e. The van der Waals surface area contributed by atoms with Gasteiger partial charge in [0.1, 0.15) is 0 Å². The van der Waals surface area contributed by atoms with Gasteiger partial charge in [-0.3, -0.25) is 9.69 Å². The van der Waals surface area contributed by atoms with Crippen molar-refractivity contribution >= 4 is 5.91 Å². The lowest BCUT2D eigenvalue weighted by Crippen LogP contribution is -2.34. The Hall–Kier alpha value is -2.21. The summed E-state index contributed by atoms with van der Waals surface area (Å²) >= 11 is 0. The van der Waals surface area contributed by atoms with Gasteiger partial charge in [0, 0.05) is 52.5 Å². The molecule has 1 saturated heterocycles. The zero-order valence-electron chi connectivity index (χ0n) is 13.4. The molecule has 1 aromatic heterocycles. The van der Waals surface area contributed by atoms with Crippen molar-refractivity contribution in [1.82, 2.24) is 19.9 Å². The third-order valence-corrected chi connectivity index (χ3v) is 4.10. The van der Waals surface area contributed by atoms with Crippen LogP contribution in [0.1, 0.15) is 23.7 Å². The van der Waals surface area contributed by atoms with E-state index in [1.165, 1.54) is 5.56 Å². The Bertz CT molecular complexity index is 641. The van der Waals surface area contributed by atoms with E-state index in [4.69, 9.17) is 4.52 Å². The number of benzene rings is 1. The number of hydrogen-bond donors (Lipinski definition) is 0. The number of aryl methyl sites for hydroxylation is 1. The van der Waals surface area contributed by atoms with Crippen LogP contribution in [-0.4, -0.2) is 52.0 Å². The molecule has 3 rings (SSSR count). The second kappa shape index (κ2) is 7.37. The minimum atomic E-state index is 0.209. The highest BCUT2D eigenvalue weighted by molar-refractivity contribution is 5.76. The molecule has 0 unspecified atom stereocenters. The third kappa shape index (κ3) is 4.39. The largest absolute Gasteiger partial charge is 0.341 e. The smallest absolute Gasteiger partial charge is 0.223 e. The number of amides is 1. The fraction of sp³-hybridized carbons (Fsp3) is 0.471. The number of carbonyl (C=O) groups excluding carboxylic acids is 1. The Morgan fingerprint density at radius 2 is 2.00 bits per heavy atom. The summed E-state index contributed by atoms with van der Waals surface area (Å²) in [6, 6.07) is 10.4. The van der Waals surface area contributed by atoms with Gasteiger partial charge in [-0.05, 0) is 5.56 Å². The molecule has 1 aliphatic rings. The summed E-state index contributed by atoms with van der Waals surface area (Å²) in [4.78, 5) is 20.7. The van der Waals surface area contributed by atoms with Crippen LogP contribution in [0.4, 0.5) is 0 Å². The van der Waals surface area contributed by atoms with Crippen LogP contribution in [-0.2, 0) is 17.8 Å². The van der Waals surface area contributed by atoms with Crippen LogP contribution < -0.4 is 0 Å². The van der Waals surface area contributed by atoms with Crippen molar-refractivity contribution in [1.29, 1.82) is 0 Å². The van der Waals surface area contributed by atoms with E-state index in [1.807, 2.05) is 11.0 Å². The van der Waals surface area contributed by atoms with Crippen molar-refractivity contribution in [2.24, 2.45) is 0 Å². The predicted molar refractivity (Wildman–Crippen MR) is 85.7 cm³/mol. The molecule has 1 fully saturated rings. The number of rotatable bonds is 5. The van der Waals surface area contributed by atoms with Gasteiger partial charge in [-0.25, -0.2) is 0 Å². The SMILES string of the molecule is Cc1nc(CCN2CCN(Cc3ccccc3)CCC2=O)no1. The van der Waals surface area contributed by atoms with E-state index in [1.54, 1.807) is 6.92 Å². The highest BCUT2D eigenvalue weighted by Gasteiger charge is 2.21. The van der Waals surface area contributed by atoms with Gasteiger partial charge in [0.05, 0.1) is 0 Å². The summed E-state index contributed by atoms with van der Waals surface area (Å²) in [6.45, 7) is 5.78. The first-order valence-electron chi connectivity index (χ1n) is 8.04. The molecular weight excluding hydrogens is 292 g/mol. The molecular formula is C17H22N4O2. The Morgan fingerprint density at radius 1 is 1.17 bits per heavy atom. The molecule has 6 heteroatoms. The average molecular weight is 314 g/mol. The number of aromatic nitrogens is 2. The second-order valence-corrected chi connectivity index (χ2v) is 5.87. The first kappa shape index (κ1) is 15.7. The Morgan fingerprint density at radius 3 is 2.74 bits per heavy atom. The lowest BCUT2D eigenvalue weighted by atomic mass is 10.2. The quantitative estimate of drug-likeness (QED) is 0.840. The van der Waals surface area contributed by atoms with Gasteiger partial charge < -0.3 is 9.42 Å². The molecule has 0 atom stereocenters. The molecule has 0 spiro atoms. The summed E-state index contributed by atoms with van der Waals surface area (Å²) < 4.78 is 4.97. The average Bonchev–Trinajstić information content (AvgIpc) is 2.90. The Kier molecular flexibility index (Phi) is 5.02. The molecule has 1 aromatic carbocycles. The summed E-state index contributed by atoms with van der Waals surface area (Å²) in [7, 11) is 0. The van der Waals surface area contributed by atoms with Gasteiger partial charge >= 0.3 is 0 Å². The van der Waals surface area contributed by atoms with E-state index in [0.717, 1.165) is 26.2 Å². The lowest BCUT2D eigenvalue weighted by Gasteiger charge is -2.21. The molecule has 122 valence electrons. The van der Waals surface area contributed by atoms with E-state index in [0.29, 0.717) is 31.1 Å². The van der Waals surface area contributed by atoms with Crippen molar-refractivity contribution in [2.75, 3.05) is 26.2 Å². The molecule has 23 heavy (non-hydrogen) atoms. The van der Waals surface area contributed by atoms with E-state index >= 15 is 0 Å². The van der Waals surface area contributed by atoms with Crippen LogP contribution in [0.5, 0.6) is 0 Å². The summed E-state index contributed by atoms with van der Waals surface area (Å²) in [5.74, 6) is 1.44. The minimum absolute atomic E-state index is 0.209. The van der Waals surface area contributed by atoms with Crippen molar-refractivity contribution in [2.45, 2.75) is 26.3 Å². The van der Waals surface area contributed by atoms with E-state index in [9.17, 15) is 4.79 Å². The fourth-order valence-electron chi connectivity index (χ4n) is 2.82. The maximum absolute atomic E-state index is 12.3. The minimum Gasteiger partial charge on any atom is -0.341 e. The summed E-state index contributed by atoms with van der Waals surface area (Å²) in [5.41, 5.74) is 1.29. The standard InChI is InChI=1S/C17H22N4O2/c1-14-18-16(19-23-14)7-10-21-12-11-20(9-8-17(21)22)13-15-5-3-2-4-6-15/h2-6H,7-13H2,1H3.